The molecule has 3 aromatic rings. The van der Waals surface area contributed by atoms with Gasteiger partial charge in [0.25, 0.3) is 0 Å². The van der Waals surface area contributed by atoms with Crippen LogP contribution in [0.3, 0.4) is 0 Å². The highest BCUT2D eigenvalue weighted by Gasteiger charge is 2.26. The Balaban J connectivity index is 1.80. The predicted molar refractivity (Wildman–Crippen MR) is 98.4 cm³/mol. The molecule has 0 fully saturated rings. The Morgan fingerprint density at radius 3 is 2.54 bits per heavy atom. The number of rotatable bonds is 2. The second kappa shape index (κ2) is 6.06. The molecule has 1 atom stereocenters. The first kappa shape index (κ1) is 15.4. The molecule has 0 unspecified atom stereocenters. The molecule has 0 aromatic heterocycles. The lowest BCUT2D eigenvalue weighted by molar-refractivity contribution is 0.295. The minimum absolute atomic E-state index is 0.299. The molecule has 1 aliphatic heterocycles. The minimum atomic E-state index is -1.42. The van der Waals surface area contributed by atoms with E-state index in [1.807, 2.05) is 12.1 Å². The molecule has 0 bridgehead atoms. The van der Waals surface area contributed by atoms with Crippen LogP contribution in [0, 0.1) is 0 Å². The number of hydrogen-bond donors (Lipinski definition) is 2. The van der Waals surface area contributed by atoms with Crippen molar-refractivity contribution < 1.29 is 10.0 Å². The molecule has 0 aliphatic carbocycles. The van der Waals surface area contributed by atoms with E-state index in [4.69, 9.17) is 0 Å². The Morgan fingerprint density at radius 1 is 0.958 bits per heavy atom. The van der Waals surface area contributed by atoms with E-state index in [2.05, 4.69) is 60.5 Å². The van der Waals surface area contributed by atoms with Crippen LogP contribution in [-0.2, 0) is 6.54 Å². The molecule has 1 aliphatic rings. The highest BCUT2D eigenvalue weighted by Crippen LogP contribution is 2.33. The third-order valence-electron chi connectivity index (χ3n) is 4.95. The maximum atomic E-state index is 9.43. The second-order valence-corrected chi connectivity index (χ2v) is 6.69. The van der Waals surface area contributed by atoms with Gasteiger partial charge in [0.2, 0.25) is 0 Å². The molecule has 0 spiro atoms. The molecule has 3 aromatic carbocycles. The summed E-state index contributed by atoms with van der Waals surface area (Å²) in [6.45, 7) is 1.80. The summed E-state index contributed by atoms with van der Waals surface area (Å²) in [4.78, 5) is 2.29. The van der Waals surface area contributed by atoms with Crippen LogP contribution in [-0.4, -0.2) is 35.7 Å². The van der Waals surface area contributed by atoms with Gasteiger partial charge >= 0.3 is 7.12 Å². The van der Waals surface area contributed by atoms with Crippen molar-refractivity contribution in [1.82, 2.24) is 4.90 Å². The van der Waals surface area contributed by atoms with E-state index < -0.39 is 7.12 Å². The van der Waals surface area contributed by atoms with E-state index >= 15 is 0 Å². The SMILES string of the molecule is CN1Cc2cc(B(O)O)ccc2[C@H](c2ccc3ccccc3c2)C1. The summed E-state index contributed by atoms with van der Waals surface area (Å²) >= 11 is 0. The minimum Gasteiger partial charge on any atom is -0.423 e. The normalized spacial score (nSPS) is 17.7. The van der Waals surface area contributed by atoms with E-state index in [0.717, 1.165) is 13.1 Å². The van der Waals surface area contributed by atoms with Crippen molar-refractivity contribution in [2.24, 2.45) is 0 Å². The van der Waals surface area contributed by atoms with Gasteiger partial charge < -0.3 is 14.9 Å². The van der Waals surface area contributed by atoms with Crippen LogP contribution >= 0.6 is 0 Å². The summed E-state index contributed by atoms with van der Waals surface area (Å²) in [5, 5.41) is 21.4. The fourth-order valence-electron chi connectivity index (χ4n) is 3.74. The topological polar surface area (TPSA) is 43.7 Å². The van der Waals surface area contributed by atoms with E-state index in [0.29, 0.717) is 11.4 Å². The summed E-state index contributed by atoms with van der Waals surface area (Å²) in [6, 6.07) is 20.9. The monoisotopic (exact) mass is 317 g/mol. The summed E-state index contributed by atoms with van der Waals surface area (Å²) in [5.41, 5.74) is 4.32. The van der Waals surface area contributed by atoms with Gasteiger partial charge in [0.1, 0.15) is 0 Å². The lowest BCUT2D eigenvalue weighted by atomic mass is 9.76. The maximum Gasteiger partial charge on any atom is 0.488 e. The largest absolute Gasteiger partial charge is 0.488 e. The van der Waals surface area contributed by atoms with Crippen LogP contribution in [0.2, 0.25) is 0 Å². The van der Waals surface area contributed by atoms with Gasteiger partial charge in [0.15, 0.2) is 0 Å². The van der Waals surface area contributed by atoms with Gasteiger partial charge in [-0.05, 0) is 40.0 Å². The average molecular weight is 317 g/mol. The number of benzene rings is 3. The lowest BCUT2D eigenvalue weighted by Crippen LogP contribution is -2.35. The number of hydrogen-bond acceptors (Lipinski definition) is 3. The summed E-state index contributed by atoms with van der Waals surface area (Å²) < 4.78 is 0. The predicted octanol–water partition coefficient (Wildman–Crippen LogP) is 2.10. The highest BCUT2D eigenvalue weighted by molar-refractivity contribution is 6.58. The van der Waals surface area contributed by atoms with Crippen LogP contribution in [0.15, 0.2) is 60.7 Å². The average Bonchev–Trinajstić information content (AvgIpc) is 2.60. The fourth-order valence-corrected chi connectivity index (χ4v) is 3.74. The highest BCUT2D eigenvalue weighted by atomic mass is 16.4. The zero-order chi connectivity index (χ0) is 16.7. The zero-order valence-electron chi connectivity index (χ0n) is 13.7. The van der Waals surface area contributed by atoms with Crippen LogP contribution in [0.1, 0.15) is 22.6 Å². The van der Waals surface area contributed by atoms with Crippen molar-refractivity contribution in [3.8, 4) is 0 Å². The second-order valence-electron chi connectivity index (χ2n) is 6.69. The lowest BCUT2D eigenvalue weighted by Gasteiger charge is -2.33. The van der Waals surface area contributed by atoms with Gasteiger partial charge in [-0.3, -0.25) is 0 Å². The first-order valence-corrected chi connectivity index (χ1v) is 8.28. The van der Waals surface area contributed by atoms with Crippen molar-refractivity contribution in [1.29, 1.82) is 0 Å². The Morgan fingerprint density at radius 2 is 1.75 bits per heavy atom. The Hall–Kier alpha value is -2.14. The Labute approximate surface area is 142 Å². The first-order chi connectivity index (χ1) is 11.6. The first-order valence-electron chi connectivity index (χ1n) is 8.28. The zero-order valence-corrected chi connectivity index (χ0v) is 13.7. The molecule has 4 rings (SSSR count). The smallest absolute Gasteiger partial charge is 0.423 e. The Kier molecular flexibility index (Phi) is 3.89. The number of fused-ring (bicyclic) bond motifs is 2. The molecular formula is C20H20BNO2. The van der Waals surface area contributed by atoms with Crippen LogP contribution in [0.25, 0.3) is 10.8 Å². The molecular weight excluding hydrogens is 297 g/mol. The van der Waals surface area contributed by atoms with E-state index in [1.54, 1.807) is 0 Å². The molecule has 3 nitrogen and oxygen atoms in total. The van der Waals surface area contributed by atoms with Gasteiger partial charge in [0, 0.05) is 19.0 Å². The van der Waals surface area contributed by atoms with E-state index in [1.165, 1.54) is 27.5 Å². The van der Waals surface area contributed by atoms with Crippen molar-refractivity contribution in [2.75, 3.05) is 13.6 Å². The van der Waals surface area contributed by atoms with E-state index in [-0.39, 0.29) is 0 Å². The van der Waals surface area contributed by atoms with Gasteiger partial charge in [-0.15, -0.1) is 0 Å². The van der Waals surface area contributed by atoms with Gasteiger partial charge in [0.05, 0.1) is 0 Å². The molecule has 0 amide bonds. The van der Waals surface area contributed by atoms with Crippen LogP contribution < -0.4 is 5.46 Å². The number of nitrogens with zero attached hydrogens (tertiary/aromatic N) is 1. The summed E-state index contributed by atoms with van der Waals surface area (Å²) in [6.07, 6.45) is 0. The molecule has 1 heterocycles. The molecule has 24 heavy (non-hydrogen) atoms. The summed E-state index contributed by atoms with van der Waals surface area (Å²) in [7, 11) is 0.695. The molecule has 120 valence electrons. The molecule has 0 saturated heterocycles. The third kappa shape index (κ3) is 2.73. The summed E-state index contributed by atoms with van der Waals surface area (Å²) in [5.74, 6) is 0.299. The maximum absolute atomic E-state index is 9.43. The van der Waals surface area contributed by atoms with Gasteiger partial charge in [-0.2, -0.15) is 0 Å². The van der Waals surface area contributed by atoms with Gasteiger partial charge in [-0.1, -0.05) is 60.7 Å². The Bertz CT molecular complexity index is 894. The van der Waals surface area contributed by atoms with Crippen molar-refractivity contribution in [2.45, 2.75) is 12.5 Å². The standard InChI is InChI=1S/C20H20BNO2/c1-22-12-17-11-18(21(23)24)8-9-19(17)20(13-22)16-7-6-14-4-2-3-5-15(14)10-16/h2-11,20,23-24H,12-13H2,1H3/t20-/m0/s1. The number of likely N-dealkylation sites (N-methyl/N-ethyl adjacent to an activating group) is 1. The van der Waals surface area contributed by atoms with Crippen molar-refractivity contribution >= 4 is 23.4 Å². The third-order valence-corrected chi connectivity index (χ3v) is 4.95. The quantitative estimate of drug-likeness (QED) is 0.712. The van der Waals surface area contributed by atoms with Crippen molar-refractivity contribution in [3.63, 3.8) is 0 Å². The van der Waals surface area contributed by atoms with Gasteiger partial charge in [-0.25, -0.2) is 0 Å². The molecule has 0 radical (unpaired) electrons. The van der Waals surface area contributed by atoms with Crippen LogP contribution in [0.5, 0.6) is 0 Å². The fraction of sp³-hybridized carbons (Fsp3) is 0.200. The molecule has 2 N–H and O–H groups in total. The van der Waals surface area contributed by atoms with Crippen molar-refractivity contribution in [3.05, 3.63) is 77.4 Å². The van der Waals surface area contributed by atoms with E-state index in [9.17, 15) is 10.0 Å². The molecule has 4 heteroatoms. The molecule has 0 saturated carbocycles. The van der Waals surface area contributed by atoms with Crippen LogP contribution in [0.4, 0.5) is 0 Å².